The zero-order valence-electron chi connectivity index (χ0n) is 15.1. The molecular formula is C22H22N2O2S. The third-order valence-electron chi connectivity index (χ3n) is 3.85. The van der Waals surface area contributed by atoms with Gasteiger partial charge in [-0.15, -0.1) is 0 Å². The molecule has 0 atom stereocenters. The summed E-state index contributed by atoms with van der Waals surface area (Å²) in [7, 11) is 0. The normalized spacial score (nSPS) is 10.4. The Bertz CT molecular complexity index is 913. The maximum Gasteiger partial charge on any atom is 0.338 e. The van der Waals surface area contributed by atoms with E-state index in [9.17, 15) is 4.79 Å². The van der Waals surface area contributed by atoms with Crippen molar-refractivity contribution in [2.45, 2.75) is 23.1 Å². The number of hydrogen-bond acceptors (Lipinski definition) is 5. The van der Waals surface area contributed by atoms with E-state index in [2.05, 4.69) is 23.5 Å². The highest BCUT2D eigenvalue weighted by molar-refractivity contribution is 7.99. The first kappa shape index (κ1) is 18.9. The quantitative estimate of drug-likeness (QED) is 0.406. The first-order chi connectivity index (χ1) is 13.2. The highest BCUT2D eigenvalue weighted by atomic mass is 32.2. The predicted molar refractivity (Wildman–Crippen MR) is 112 cm³/mol. The fraction of sp³-hybridized carbons (Fsp3) is 0.136. The number of nitrogens with two attached hydrogens (primary N) is 1. The van der Waals surface area contributed by atoms with Gasteiger partial charge in [-0.2, -0.15) is 0 Å². The molecule has 3 aromatic carbocycles. The van der Waals surface area contributed by atoms with Crippen molar-refractivity contribution in [3.05, 3.63) is 78.4 Å². The largest absolute Gasteiger partial charge is 0.462 e. The van der Waals surface area contributed by atoms with Gasteiger partial charge in [0.15, 0.2) is 0 Å². The summed E-state index contributed by atoms with van der Waals surface area (Å²) in [5.41, 5.74) is 8.83. The minimum atomic E-state index is -0.352. The highest BCUT2D eigenvalue weighted by Gasteiger charge is 2.11. The summed E-state index contributed by atoms with van der Waals surface area (Å²) in [5, 5.41) is 3.37. The molecule has 3 N–H and O–H groups in total. The van der Waals surface area contributed by atoms with E-state index in [0.717, 1.165) is 27.6 Å². The first-order valence-electron chi connectivity index (χ1n) is 8.83. The zero-order valence-corrected chi connectivity index (χ0v) is 16.0. The summed E-state index contributed by atoms with van der Waals surface area (Å²) >= 11 is 1.68. The van der Waals surface area contributed by atoms with E-state index in [1.165, 1.54) is 0 Å². The molecule has 0 unspecified atom stereocenters. The number of anilines is 3. The number of carbonyl (C=O) groups is 1. The summed E-state index contributed by atoms with van der Waals surface area (Å²) in [6, 6.07) is 23.4. The van der Waals surface area contributed by atoms with Gasteiger partial charge in [0.05, 0.1) is 29.2 Å². The number of rotatable bonds is 7. The van der Waals surface area contributed by atoms with Crippen LogP contribution in [0.25, 0.3) is 0 Å². The van der Waals surface area contributed by atoms with E-state index >= 15 is 0 Å². The molecule has 3 aromatic rings. The molecule has 0 aromatic heterocycles. The Morgan fingerprint density at radius 1 is 1.00 bits per heavy atom. The van der Waals surface area contributed by atoms with Crippen LogP contribution in [0.1, 0.15) is 23.7 Å². The lowest BCUT2D eigenvalue weighted by Crippen LogP contribution is -2.07. The molecule has 0 saturated heterocycles. The van der Waals surface area contributed by atoms with Crippen molar-refractivity contribution in [1.29, 1.82) is 0 Å². The molecule has 0 aliphatic rings. The number of esters is 1. The molecule has 5 heteroatoms. The van der Waals surface area contributed by atoms with Gasteiger partial charge in [-0.1, -0.05) is 49.0 Å². The number of benzene rings is 3. The van der Waals surface area contributed by atoms with Gasteiger partial charge in [0.25, 0.3) is 0 Å². The number of ether oxygens (including phenoxy) is 1. The van der Waals surface area contributed by atoms with E-state index < -0.39 is 0 Å². The van der Waals surface area contributed by atoms with Gasteiger partial charge < -0.3 is 15.8 Å². The summed E-state index contributed by atoms with van der Waals surface area (Å²) in [6.07, 6.45) is 0.788. The summed E-state index contributed by atoms with van der Waals surface area (Å²) in [6.45, 7) is 2.36. The van der Waals surface area contributed by atoms with Gasteiger partial charge >= 0.3 is 5.97 Å². The number of nitrogens with one attached hydrogen (secondary N) is 1. The van der Waals surface area contributed by atoms with E-state index in [1.807, 2.05) is 49.4 Å². The monoisotopic (exact) mass is 378 g/mol. The zero-order chi connectivity index (χ0) is 19.1. The topological polar surface area (TPSA) is 64.3 Å². The van der Waals surface area contributed by atoms with Crippen molar-refractivity contribution in [1.82, 2.24) is 0 Å². The van der Waals surface area contributed by atoms with Gasteiger partial charge in [0.1, 0.15) is 0 Å². The van der Waals surface area contributed by atoms with Crippen LogP contribution in [-0.4, -0.2) is 12.6 Å². The lowest BCUT2D eigenvalue weighted by molar-refractivity contribution is 0.0505. The van der Waals surface area contributed by atoms with Crippen LogP contribution < -0.4 is 11.1 Å². The van der Waals surface area contributed by atoms with E-state index in [4.69, 9.17) is 10.5 Å². The van der Waals surface area contributed by atoms with Crippen molar-refractivity contribution in [2.75, 3.05) is 17.7 Å². The number of nitrogen functional groups attached to an aromatic ring is 1. The molecule has 0 saturated carbocycles. The SMILES string of the molecule is CCCOC(=O)c1ccc(Nc2ccccc2Sc2ccccc2)c(N)c1. The Hall–Kier alpha value is -2.92. The van der Waals surface area contributed by atoms with Crippen molar-refractivity contribution in [3.8, 4) is 0 Å². The van der Waals surface area contributed by atoms with E-state index in [0.29, 0.717) is 17.9 Å². The van der Waals surface area contributed by atoms with Gasteiger partial charge in [0, 0.05) is 9.79 Å². The van der Waals surface area contributed by atoms with Gasteiger partial charge in [0.2, 0.25) is 0 Å². The Kier molecular flexibility index (Phi) is 6.39. The van der Waals surface area contributed by atoms with Crippen LogP contribution in [0.2, 0.25) is 0 Å². The molecule has 0 bridgehead atoms. The lowest BCUT2D eigenvalue weighted by atomic mass is 10.1. The van der Waals surface area contributed by atoms with Crippen LogP contribution in [0.4, 0.5) is 17.1 Å². The molecule has 0 aliphatic heterocycles. The molecule has 138 valence electrons. The summed E-state index contributed by atoms with van der Waals surface area (Å²) in [5.74, 6) is -0.352. The molecule has 0 fully saturated rings. The lowest BCUT2D eigenvalue weighted by Gasteiger charge is -2.14. The van der Waals surface area contributed by atoms with Crippen molar-refractivity contribution < 1.29 is 9.53 Å². The number of para-hydroxylation sites is 1. The Labute approximate surface area is 163 Å². The van der Waals surface area contributed by atoms with Crippen molar-refractivity contribution >= 4 is 34.8 Å². The number of carbonyl (C=O) groups excluding carboxylic acids is 1. The van der Waals surface area contributed by atoms with Crippen LogP contribution in [0, 0.1) is 0 Å². The predicted octanol–water partition coefficient (Wildman–Crippen LogP) is 5.73. The minimum Gasteiger partial charge on any atom is -0.462 e. The van der Waals surface area contributed by atoms with Gasteiger partial charge in [-0.3, -0.25) is 0 Å². The second-order valence-electron chi connectivity index (χ2n) is 5.97. The fourth-order valence-electron chi connectivity index (χ4n) is 2.50. The van der Waals surface area contributed by atoms with E-state index in [1.54, 1.807) is 23.9 Å². The molecular weight excluding hydrogens is 356 g/mol. The smallest absolute Gasteiger partial charge is 0.338 e. The second kappa shape index (κ2) is 9.14. The minimum absolute atomic E-state index is 0.352. The van der Waals surface area contributed by atoms with Crippen LogP contribution >= 0.6 is 11.8 Å². The summed E-state index contributed by atoms with van der Waals surface area (Å²) in [4.78, 5) is 14.2. The standard InChI is InChI=1S/C22H22N2O2S/c1-2-14-26-22(25)16-12-13-19(18(23)15-16)24-20-10-6-7-11-21(20)27-17-8-4-3-5-9-17/h3-13,15,24H,2,14,23H2,1H3. The second-order valence-corrected chi connectivity index (χ2v) is 7.09. The van der Waals surface area contributed by atoms with Crippen molar-refractivity contribution in [2.24, 2.45) is 0 Å². The first-order valence-corrected chi connectivity index (χ1v) is 9.64. The Morgan fingerprint density at radius 2 is 1.74 bits per heavy atom. The average molecular weight is 378 g/mol. The number of hydrogen-bond donors (Lipinski definition) is 2. The van der Waals surface area contributed by atoms with Crippen LogP contribution in [0.15, 0.2) is 82.6 Å². The van der Waals surface area contributed by atoms with Gasteiger partial charge in [-0.05, 0) is 48.9 Å². The highest BCUT2D eigenvalue weighted by Crippen LogP contribution is 2.35. The third kappa shape index (κ3) is 5.05. The molecule has 0 amide bonds. The molecule has 4 nitrogen and oxygen atoms in total. The van der Waals surface area contributed by atoms with Crippen LogP contribution in [0.5, 0.6) is 0 Å². The Balaban J connectivity index is 1.78. The van der Waals surface area contributed by atoms with Crippen molar-refractivity contribution in [3.63, 3.8) is 0 Å². The third-order valence-corrected chi connectivity index (χ3v) is 4.94. The molecule has 0 radical (unpaired) electrons. The van der Waals surface area contributed by atoms with E-state index in [-0.39, 0.29) is 5.97 Å². The van der Waals surface area contributed by atoms with Crippen LogP contribution in [0.3, 0.4) is 0 Å². The fourth-order valence-corrected chi connectivity index (χ4v) is 3.42. The molecule has 0 spiro atoms. The average Bonchev–Trinajstić information content (AvgIpc) is 2.70. The molecule has 3 rings (SSSR count). The Morgan fingerprint density at radius 3 is 2.48 bits per heavy atom. The molecule has 0 heterocycles. The maximum absolute atomic E-state index is 12.0. The maximum atomic E-state index is 12.0. The summed E-state index contributed by atoms with van der Waals surface area (Å²) < 4.78 is 5.16. The van der Waals surface area contributed by atoms with Gasteiger partial charge in [-0.25, -0.2) is 4.79 Å². The molecule has 27 heavy (non-hydrogen) atoms. The molecule has 0 aliphatic carbocycles. The van der Waals surface area contributed by atoms with Crippen LogP contribution in [-0.2, 0) is 4.74 Å².